The fourth-order valence-electron chi connectivity index (χ4n) is 3.24. The van der Waals surface area contributed by atoms with Gasteiger partial charge in [-0.05, 0) is 57.9 Å². The molecule has 0 saturated carbocycles. The lowest BCUT2D eigenvalue weighted by molar-refractivity contribution is 0.0984. The van der Waals surface area contributed by atoms with E-state index < -0.39 is 0 Å². The van der Waals surface area contributed by atoms with E-state index in [1.54, 1.807) is 12.1 Å². The minimum Gasteiger partial charge on any atom is -0.351 e. The number of aryl methyl sites for hydroxylation is 1. The molecule has 0 aromatic carbocycles. The number of nitrogens with one attached hydrogen (secondary N) is 1. The maximum atomic E-state index is 12.8. The zero-order chi connectivity index (χ0) is 19.4. The van der Waals surface area contributed by atoms with Gasteiger partial charge in [0.1, 0.15) is 16.0 Å². The van der Waals surface area contributed by atoms with Crippen molar-refractivity contribution in [3.8, 4) is 0 Å². The Balaban J connectivity index is 1.72. The van der Waals surface area contributed by atoms with Gasteiger partial charge in [0.15, 0.2) is 0 Å². The van der Waals surface area contributed by atoms with Crippen LogP contribution >= 0.6 is 23.5 Å². The third-order valence-electron chi connectivity index (χ3n) is 4.70. The lowest BCUT2D eigenvalue weighted by Gasteiger charge is -2.33. The van der Waals surface area contributed by atoms with Crippen LogP contribution in [0.3, 0.4) is 0 Å². The van der Waals surface area contributed by atoms with Crippen molar-refractivity contribution in [1.82, 2.24) is 19.5 Å². The molecular weight excluding hydrogens is 384 g/mol. The van der Waals surface area contributed by atoms with E-state index >= 15 is 0 Å². The summed E-state index contributed by atoms with van der Waals surface area (Å²) < 4.78 is 4.69. The first-order chi connectivity index (χ1) is 12.9. The van der Waals surface area contributed by atoms with Crippen molar-refractivity contribution in [2.75, 3.05) is 18.0 Å². The minimum absolute atomic E-state index is 0.0539. The van der Waals surface area contributed by atoms with Crippen LogP contribution in [0, 0.1) is 0 Å². The molecule has 1 saturated heterocycles. The molecule has 0 spiro atoms. The van der Waals surface area contributed by atoms with Crippen LogP contribution in [0.15, 0.2) is 29.4 Å². The summed E-state index contributed by atoms with van der Waals surface area (Å²) in [4.78, 5) is 19.4. The molecule has 0 aliphatic carbocycles. The number of aromatic nitrogens is 3. The molecule has 1 aliphatic heterocycles. The molecule has 146 valence electrons. The molecule has 9 heteroatoms. The zero-order valence-electron chi connectivity index (χ0n) is 15.6. The summed E-state index contributed by atoms with van der Waals surface area (Å²) in [6, 6.07) is 5.25. The molecule has 3 heterocycles. The van der Waals surface area contributed by atoms with Crippen LogP contribution in [-0.2, 0) is 6.54 Å². The number of rotatable bonds is 7. The highest BCUT2D eigenvalue weighted by Gasteiger charge is 2.35. The van der Waals surface area contributed by atoms with Crippen molar-refractivity contribution in [3.63, 3.8) is 0 Å². The predicted octanol–water partition coefficient (Wildman–Crippen LogP) is 3.10. The Morgan fingerprint density at radius 3 is 2.93 bits per heavy atom. The summed E-state index contributed by atoms with van der Waals surface area (Å²) in [5, 5.41) is 5.52. The molecule has 2 aromatic rings. The molecule has 1 aliphatic rings. The lowest BCUT2D eigenvalue weighted by Crippen LogP contribution is -2.40. The Hall–Kier alpha value is -1.77. The zero-order valence-corrected chi connectivity index (χ0v) is 17.2. The molecule has 7 nitrogen and oxygen atoms in total. The normalized spacial score (nSPS) is 15.9. The van der Waals surface area contributed by atoms with Crippen LogP contribution in [0.4, 0.5) is 5.82 Å². The molecule has 3 rings (SSSR count). The molecule has 1 amide bonds. The Labute approximate surface area is 168 Å². The number of hydrogen-bond acceptors (Lipinski definition) is 6. The highest BCUT2D eigenvalue weighted by Crippen LogP contribution is 2.35. The maximum Gasteiger partial charge on any atom is 0.265 e. The summed E-state index contributed by atoms with van der Waals surface area (Å²) >= 11 is 7.31. The van der Waals surface area contributed by atoms with E-state index in [-0.39, 0.29) is 11.4 Å². The number of hydrogen-bond donors (Lipinski definition) is 2. The van der Waals surface area contributed by atoms with Gasteiger partial charge >= 0.3 is 0 Å². The van der Waals surface area contributed by atoms with Crippen molar-refractivity contribution in [1.29, 1.82) is 0 Å². The Kier molecular flexibility index (Phi) is 6.29. The Morgan fingerprint density at radius 2 is 2.22 bits per heavy atom. The van der Waals surface area contributed by atoms with Crippen molar-refractivity contribution >= 4 is 35.3 Å². The van der Waals surface area contributed by atoms with E-state index in [1.165, 1.54) is 11.9 Å². The SMILES string of the molecule is CC1(C)CCCN1c1nc(Cl)ccc1C(=O)NSc1ccn(CCCN)n1. The lowest BCUT2D eigenvalue weighted by atomic mass is 10.0. The van der Waals surface area contributed by atoms with Crippen LogP contribution < -0.4 is 15.4 Å². The van der Waals surface area contributed by atoms with Crippen LogP contribution in [-0.4, -0.2) is 39.3 Å². The van der Waals surface area contributed by atoms with Gasteiger partial charge in [-0.15, -0.1) is 0 Å². The van der Waals surface area contributed by atoms with Gasteiger partial charge in [-0.3, -0.25) is 14.2 Å². The van der Waals surface area contributed by atoms with Gasteiger partial charge in [-0.25, -0.2) is 4.98 Å². The fraction of sp³-hybridized carbons (Fsp3) is 0.500. The average molecular weight is 409 g/mol. The van der Waals surface area contributed by atoms with E-state index in [0.717, 1.165) is 37.4 Å². The number of pyridine rings is 1. The van der Waals surface area contributed by atoms with Gasteiger partial charge in [0.05, 0.1) is 5.56 Å². The first kappa shape index (κ1) is 20.0. The van der Waals surface area contributed by atoms with Gasteiger partial charge < -0.3 is 10.6 Å². The number of carbonyl (C=O) groups is 1. The highest BCUT2D eigenvalue weighted by atomic mass is 35.5. The molecule has 27 heavy (non-hydrogen) atoms. The topological polar surface area (TPSA) is 89.1 Å². The number of halogens is 1. The molecular formula is C18H25ClN6OS. The summed E-state index contributed by atoms with van der Waals surface area (Å²) in [5.41, 5.74) is 5.98. The van der Waals surface area contributed by atoms with Crippen LogP contribution in [0.5, 0.6) is 0 Å². The van der Waals surface area contributed by atoms with Crippen molar-refractivity contribution in [2.24, 2.45) is 5.73 Å². The van der Waals surface area contributed by atoms with Gasteiger partial charge in [-0.1, -0.05) is 11.6 Å². The standard InChI is InChI=1S/C18H25ClN6OS/c1-18(2)8-3-11-25(18)16-13(5-6-14(19)21-16)17(26)23-27-15-7-12-24(22-15)10-4-9-20/h5-7,12H,3-4,8-11,20H2,1-2H3,(H,23,26). The van der Waals surface area contributed by atoms with Gasteiger partial charge in [0.25, 0.3) is 5.91 Å². The number of amides is 1. The highest BCUT2D eigenvalue weighted by molar-refractivity contribution is 7.97. The van der Waals surface area contributed by atoms with E-state index in [1.807, 2.05) is 16.9 Å². The smallest absolute Gasteiger partial charge is 0.265 e. The monoisotopic (exact) mass is 408 g/mol. The van der Waals surface area contributed by atoms with Crippen LogP contribution in [0.1, 0.15) is 43.5 Å². The Morgan fingerprint density at radius 1 is 1.41 bits per heavy atom. The van der Waals surface area contributed by atoms with Crippen molar-refractivity contribution < 1.29 is 4.79 Å². The third kappa shape index (κ3) is 4.75. The van der Waals surface area contributed by atoms with E-state index in [9.17, 15) is 4.79 Å². The van der Waals surface area contributed by atoms with Crippen LogP contribution in [0.25, 0.3) is 0 Å². The minimum atomic E-state index is -0.210. The summed E-state index contributed by atoms with van der Waals surface area (Å²) in [7, 11) is 0. The average Bonchev–Trinajstić information content (AvgIpc) is 3.23. The predicted molar refractivity (Wildman–Crippen MR) is 109 cm³/mol. The fourth-order valence-corrected chi connectivity index (χ4v) is 3.96. The number of nitrogens with zero attached hydrogens (tertiary/aromatic N) is 4. The van der Waals surface area contributed by atoms with E-state index in [2.05, 4.69) is 33.6 Å². The molecule has 0 unspecified atom stereocenters. The van der Waals surface area contributed by atoms with Crippen LogP contribution in [0.2, 0.25) is 5.15 Å². The number of anilines is 1. The Bertz CT molecular complexity index is 809. The van der Waals surface area contributed by atoms with E-state index in [0.29, 0.717) is 23.1 Å². The van der Waals surface area contributed by atoms with Gasteiger partial charge in [-0.2, -0.15) is 5.10 Å². The van der Waals surface area contributed by atoms with Crippen molar-refractivity contribution in [2.45, 2.75) is 50.2 Å². The van der Waals surface area contributed by atoms with Gasteiger partial charge in [0.2, 0.25) is 0 Å². The first-order valence-electron chi connectivity index (χ1n) is 9.05. The quantitative estimate of drug-likeness (QED) is 0.540. The third-order valence-corrected chi connectivity index (χ3v) is 5.62. The molecule has 0 radical (unpaired) electrons. The molecule has 1 fully saturated rings. The van der Waals surface area contributed by atoms with E-state index in [4.69, 9.17) is 17.3 Å². The molecule has 2 aromatic heterocycles. The largest absolute Gasteiger partial charge is 0.351 e. The maximum absolute atomic E-state index is 12.8. The second kappa shape index (κ2) is 8.50. The summed E-state index contributed by atoms with van der Waals surface area (Å²) in [5.74, 6) is 0.426. The van der Waals surface area contributed by atoms with Crippen molar-refractivity contribution in [3.05, 3.63) is 35.1 Å². The molecule has 3 N–H and O–H groups in total. The number of carbonyl (C=O) groups excluding carboxylic acids is 1. The number of nitrogens with two attached hydrogens (primary N) is 1. The summed E-state index contributed by atoms with van der Waals surface area (Å²) in [6.45, 7) is 6.57. The first-order valence-corrected chi connectivity index (χ1v) is 10.2. The molecule has 0 bridgehead atoms. The summed E-state index contributed by atoms with van der Waals surface area (Å²) in [6.07, 6.45) is 4.87. The second-order valence-electron chi connectivity index (χ2n) is 7.17. The second-order valence-corrected chi connectivity index (χ2v) is 8.38. The molecule has 0 atom stereocenters. The van der Waals surface area contributed by atoms with Gasteiger partial charge in [0, 0.05) is 36.8 Å².